The molecule has 0 aliphatic carbocycles. The number of carbonyl (C=O) groups excluding carboxylic acids is 3. The molecule has 0 saturated carbocycles. The summed E-state index contributed by atoms with van der Waals surface area (Å²) in [6, 6.07) is 0. The van der Waals surface area contributed by atoms with E-state index in [0.717, 1.165) is 116 Å². The zero-order valence-corrected chi connectivity index (χ0v) is 42.8. The number of allylic oxidation sites excluding steroid dienone is 10. The van der Waals surface area contributed by atoms with Crippen LogP contribution in [-0.2, 0) is 42.2 Å². The minimum Gasteiger partial charge on any atom is -0.462 e. The number of rotatable bonds is 48. The lowest BCUT2D eigenvalue weighted by Gasteiger charge is -2.21. The van der Waals surface area contributed by atoms with Crippen LogP contribution in [-0.4, -0.2) is 66.5 Å². The Bertz CT molecular complexity index is 1340. The summed E-state index contributed by atoms with van der Waals surface area (Å²) in [6.07, 6.45) is 50.5. The van der Waals surface area contributed by atoms with Crippen molar-refractivity contribution in [3.05, 3.63) is 60.8 Å². The molecule has 0 aliphatic rings. The van der Waals surface area contributed by atoms with Crippen molar-refractivity contribution in [1.29, 1.82) is 0 Å². The maximum atomic E-state index is 12.8. The fourth-order valence-electron chi connectivity index (χ4n) is 6.89. The Hall–Kier alpha value is -2.82. The number of phosphoric acid groups is 1. The van der Waals surface area contributed by atoms with Gasteiger partial charge in [-0.15, -0.1) is 0 Å². The Morgan fingerprint density at radius 2 is 0.788 bits per heavy atom. The summed E-state index contributed by atoms with van der Waals surface area (Å²) < 4.78 is 39.3. The largest absolute Gasteiger partial charge is 0.472 e. The molecular formula is C54H95O11P. The maximum absolute atomic E-state index is 12.8. The second-order valence-electron chi connectivity index (χ2n) is 17.3. The number of aliphatic hydroxyl groups is 1. The predicted octanol–water partition coefficient (Wildman–Crippen LogP) is 14.8. The SMILES string of the molecule is CC/C=C\C/C=C\C/C=C\CCCCCC(=O)OC(COC(=O)CCCCCCC/C=C\CCCCCC)COP(=O)(O)OCC(CO)OC(=O)CCCCCCC/C=C\CCCCCC. The van der Waals surface area contributed by atoms with Gasteiger partial charge in [-0.25, -0.2) is 4.57 Å². The highest BCUT2D eigenvalue weighted by molar-refractivity contribution is 7.47. The van der Waals surface area contributed by atoms with Crippen LogP contribution in [0.5, 0.6) is 0 Å². The lowest BCUT2D eigenvalue weighted by Crippen LogP contribution is -2.30. The van der Waals surface area contributed by atoms with Crippen molar-refractivity contribution in [2.75, 3.05) is 26.4 Å². The van der Waals surface area contributed by atoms with E-state index in [2.05, 4.69) is 81.5 Å². The molecule has 66 heavy (non-hydrogen) atoms. The molecule has 3 atom stereocenters. The Morgan fingerprint density at radius 3 is 1.24 bits per heavy atom. The summed E-state index contributed by atoms with van der Waals surface area (Å²) in [4.78, 5) is 48.3. The first-order valence-electron chi connectivity index (χ1n) is 26.2. The Balaban J connectivity index is 4.78. The number of aliphatic hydroxyl groups excluding tert-OH is 1. The van der Waals surface area contributed by atoms with Gasteiger partial charge in [0.1, 0.15) is 12.7 Å². The highest BCUT2D eigenvalue weighted by Crippen LogP contribution is 2.43. The van der Waals surface area contributed by atoms with Gasteiger partial charge in [0, 0.05) is 19.3 Å². The molecule has 0 rings (SSSR count). The van der Waals surface area contributed by atoms with Gasteiger partial charge < -0.3 is 24.2 Å². The van der Waals surface area contributed by atoms with Gasteiger partial charge in [0.25, 0.3) is 0 Å². The molecule has 0 aromatic rings. The highest BCUT2D eigenvalue weighted by atomic mass is 31.2. The van der Waals surface area contributed by atoms with Crippen molar-refractivity contribution in [3.8, 4) is 0 Å². The van der Waals surface area contributed by atoms with Gasteiger partial charge in [-0.3, -0.25) is 23.4 Å². The number of ether oxygens (including phenoxy) is 3. The predicted molar refractivity (Wildman–Crippen MR) is 270 cm³/mol. The first-order valence-corrected chi connectivity index (χ1v) is 27.7. The molecule has 0 aromatic carbocycles. The average molecular weight is 951 g/mol. The minimum absolute atomic E-state index is 0.130. The van der Waals surface area contributed by atoms with E-state index in [1.54, 1.807) is 0 Å². The van der Waals surface area contributed by atoms with Crippen LogP contribution < -0.4 is 0 Å². The summed E-state index contributed by atoms with van der Waals surface area (Å²) >= 11 is 0. The van der Waals surface area contributed by atoms with Crippen LogP contribution >= 0.6 is 7.82 Å². The highest BCUT2D eigenvalue weighted by Gasteiger charge is 2.28. The van der Waals surface area contributed by atoms with E-state index in [9.17, 15) is 28.9 Å². The molecule has 2 N–H and O–H groups in total. The molecule has 0 bridgehead atoms. The third-order valence-corrected chi connectivity index (χ3v) is 11.8. The van der Waals surface area contributed by atoms with Gasteiger partial charge in [-0.2, -0.15) is 0 Å². The van der Waals surface area contributed by atoms with E-state index in [0.29, 0.717) is 19.3 Å². The summed E-state index contributed by atoms with van der Waals surface area (Å²) in [7, 11) is -4.75. The molecule has 0 aliphatic heterocycles. The van der Waals surface area contributed by atoms with E-state index in [4.69, 9.17) is 23.3 Å². The monoisotopic (exact) mass is 951 g/mol. The molecule has 0 heterocycles. The molecule has 0 spiro atoms. The Labute approximate surface area is 402 Å². The first kappa shape index (κ1) is 63.2. The molecule has 0 amide bonds. The van der Waals surface area contributed by atoms with Crippen molar-refractivity contribution in [3.63, 3.8) is 0 Å². The number of carbonyl (C=O) groups is 3. The molecule has 11 nitrogen and oxygen atoms in total. The average Bonchev–Trinajstić information content (AvgIpc) is 3.30. The summed E-state index contributed by atoms with van der Waals surface area (Å²) in [5.74, 6) is -1.52. The van der Waals surface area contributed by atoms with Crippen LogP contribution in [0.2, 0.25) is 0 Å². The van der Waals surface area contributed by atoms with E-state index in [-0.39, 0.29) is 25.9 Å². The summed E-state index contributed by atoms with van der Waals surface area (Å²) in [5.41, 5.74) is 0. The molecule has 0 saturated heterocycles. The normalized spacial score (nSPS) is 14.0. The zero-order chi connectivity index (χ0) is 48.4. The third-order valence-electron chi connectivity index (χ3n) is 10.9. The third kappa shape index (κ3) is 46.3. The Kier molecular flexibility index (Phi) is 46.6. The van der Waals surface area contributed by atoms with Crippen LogP contribution in [0.4, 0.5) is 0 Å². The van der Waals surface area contributed by atoms with E-state index >= 15 is 0 Å². The minimum atomic E-state index is -4.75. The smallest absolute Gasteiger partial charge is 0.462 e. The van der Waals surface area contributed by atoms with E-state index < -0.39 is 57.8 Å². The Morgan fingerprint density at radius 1 is 0.439 bits per heavy atom. The molecule has 12 heteroatoms. The molecule has 0 aromatic heterocycles. The molecule has 0 radical (unpaired) electrons. The van der Waals surface area contributed by atoms with Crippen molar-refractivity contribution >= 4 is 25.7 Å². The van der Waals surface area contributed by atoms with Crippen molar-refractivity contribution < 1.29 is 52.2 Å². The fourth-order valence-corrected chi connectivity index (χ4v) is 7.67. The van der Waals surface area contributed by atoms with Gasteiger partial charge in [0.15, 0.2) is 6.10 Å². The fraction of sp³-hybridized carbons (Fsp3) is 0.759. The number of hydrogen-bond acceptors (Lipinski definition) is 10. The second-order valence-corrected chi connectivity index (χ2v) is 18.8. The molecule has 0 fully saturated rings. The quantitative estimate of drug-likeness (QED) is 0.0197. The van der Waals surface area contributed by atoms with Gasteiger partial charge >= 0.3 is 25.7 Å². The lowest BCUT2D eigenvalue weighted by molar-refractivity contribution is -0.161. The number of unbranched alkanes of at least 4 members (excludes halogenated alkanes) is 21. The van der Waals surface area contributed by atoms with Crippen molar-refractivity contribution in [2.45, 2.75) is 238 Å². The summed E-state index contributed by atoms with van der Waals surface area (Å²) in [6.45, 7) is 4.43. The zero-order valence-electron chi connectivity index (χ0n) is 41.9. The number of hydrogen-bond donors (Lipinski definition) is 2. The van der Waals surface area contributed by atoms with Gasteiger partial charge in [0.2, 0.25) is 0 Å². The second kappa shape index (κ2) is 48.6. The van der Waals surface area contributed by atoms with Crippen LogP contribution in [0.1, 0.15) is 226 Å². The van der Waals surface area contributed by atoms with Crippen molar-refractivity contribution in [1.82, 2.24) is 0 Å². The molecule has 382 valence electrons. The topological polar surface area (TPSA) is 155 Å². The molecular weight excluding hydrogens is 856 g/mol. The maximum Gasteiger partial charge on any atom is 0.472 e. The first-order chi connectivity index (χ1) is 32.2. The van der Waals surface area contributed by atoms with E-state index in [1.807, 2.05) is 0 Å². The van der Waals surface area contributed by atoms with Crippen LogP contribution in [0.25, 0.3) is 0 Å². The summed E-state index contributed by atoms with van der Waals surface area (Å²) in [5, 5.41) is 9.77. The lowest BCUT2D eigenvalue weighted by atomic mass is 10.1. The van der Waals surface area contributed by atoms with Crippen LogP contribution in [0, 0.1) is 0 Å². The number of esters is 3. The van der Waals surface area contributed by atoms with Gasteiger partial charge in [0.05, 0.1) is 19.8 Å². The van der Waals surface area contributed by atoms with Gasteiger partial charge in [-0.05, 0) is 103 Å². The van der Waals surface area contributed by atoms with Crippen LogP contribution in [0.15, 0.2) is 60.8 Å². The molecule has 3 unspecified atom stereocenters. The number of phosphoric ester groups is 1. The van der Waals surface area contributed by atoms with Gasteiger partial charge in [-0.1, -0.05) is 165 Å². The standard InChI is InChI=1S/C54H95O11P/c1-4-7-10-13-16-19-22-25-28-31-34-37-40-43-52(56)61-47-51(65-54(58)45-42-39-36-33-30-27-24-21-18-15-12-9-6-3)49-63-66(59,60)62-48-50(46-55)64-53(57)44-41-38-35-32-29-26-23-20-17-14-11-8-5-2/h9,12,18-23,27,30,50-51,55H,4-8,10-11,13-17,24-26,28-29,31-49H2,1-3H3,(H,59,60)/b12-9-,21-18-,22-19-,23-20-,30-27-. The van der Waals surface area contributed by atoms with Crippen molar-refractivity contribution in [2.24, 2.45) is 0 Å². The van der Waals surface area contributed by atoms with E-state index in [1.165, 1.54) is 51.4 Å². The van der Waals surface area contributed by atoms with Crippen LogP contribution in [0.3, 0.4) is 0 Å².